The van der Waals surface area contributed by atoms with Crippen LogP contribution in [-0.2, 0) is 17.8 Å². The van der Waals surface area contributed by atoms with Crippen molar-refractivity contribution in [1.82, 2.24) is 34.7 Å². The van der Waals surface area contributed by atoms with Crippen molar-refractivity contribution < 1.29 is 4.79 Å². The van der Waals surface area contributed by atoms with E-state index in [1.165, 1.54) is 0 Å². The van der Waals surface area contributed by atoms with Crippen molar-refractivity contribution in [3.8, 4) is 22.5 Å². The molecular formula is C33H43N7O2. The second-order valence-corrected chi connectivity index (χ2v) is 12.1. The predicted molar refractivity (Wildman–Crippen MR) is 164 cm³/mol. The van der Waals surface area contributed by atoms with Gasteiger partial charge in [-0.2, -0.15) is 0 Å². The number of ketones is 1. The Bertz CT molecular complexity index is 1540. The molecule has 0 saturated heterocycles. The molecule has 5 rings (SSSR count). The fourth-order valence-corrected chi connectivity index (χ4v) is 6.65. The maximum Gasteiger partial charge on any atom is 0.328 e. The number of hydrogen-bond acceptors (Lipinski definition) is 6. The number of carbonyl (C=O) groups excluding carboxylic acids is 1. The fraction of sp³-hybridized carbons (Fsp3) is 0.515. The van der Waals surface area contributed by atoms with Gasteiger partial charge >= 0.3 is 5.69 Å². The number of tetrazole rings is 1. The molecule has 0 amide bonds. The Morgan fingerprint density at radius 1 is 1.07 bits per heavy atom. The summed E-state index contributed by atoms with van der Waals surface area (Å²) in [5.74, 6) is 1.32. The molecule has 0 spiro atoms. The largest absolute Gasteiger partial charge is 0.328 e. The van der Waals surface area contributed by atoms with E-state index in [0.29, 0.717) is 18.3 Å². The van der Waals surface area contributed by atoms with Gasteiger partial charge in [0.25, 0.3) is 0 Å². The van der Waals surface area contributed by atoms with Crippen molar-refractivity contribution in [2.45, 2.75) is 91.6 Å². The van der Waals surface area contributed by atoms with E-state index in [1.54, 1.807) is 13.1 Å². The summed E-state index contributed by atoms with van der Waals surface area (Å²) >= 11 is 0. The Kier molecular flexibility index (Phi) is 9.45. The summed E-state index contributed by atoms with van der Waals surface area (Å²) in [5.41, 5.74) is 4.72. The Balaban J connectivity index is 1.53. The summed E-state index contributed by atoms with van der Waals surface area (Å²) in [6, 6.07) is 11.9. The van der Waals surface area contributed by atoms with Crippen molar-refractivity contribution in [1.29, 1.82) is 0 Å². The molecule has 1 aliphatic carbocycles. The van der Waals surface area contributed by atoms with Gasteiger partial charge in [0.1, 0.15) is 5.78 Å². The van der Waals surface area contributed by atoms with Crippen LogP contribution in [0.15, 0.2) is 53.6 Å². The molecule has 4 aromatic rings. The minimum atomic E-state index is -0.140. The van der Waals surface area contributed by atoms with Gasteiger partial charge in [-0.25, -0.2) is 9.89 Å². The van der Waals surface area contributed by atoms with Gasteiger partial charge in [-0.05, 0) is 84.2 Å². The molecule has 9 heteroatoms. The number of nitrogens with zero attached hydrogens (tertiary/aromatic N) is 6. The Morgan fingerprint density at radius 3 is 2.60 bits per heavy atom. The van der Waals surface area contributed by atoms with Crippen molar-refractivity contribution in [2.75, 3.05) is 0 Å². The number of imidazole rings is 1. The number of aromatic amines is 1. The molecule has 0 aliphatic heterocycles. The van der Waals surface area contributed by atoms with Crippen LogP contribution in [0.5, 0.6) is 0 Å². The zero-order chi connectivity index (χ0) is 29.6. The number of nitrogens with one attached hydrogen (secondary N) is 1. The number of Topliss-reactive ketones (excluding diaryl/α,β-unsaturated/α-hetero) is 1. The molecule has 42 heavy (non-hydrogen) atoms. The number of rotatable bonds is 10. The van der Waals surface area contributed by atoms with E-state index < -0.39 is 0 Å². The van der Waals surface area contributed by atoms with Crippen molar-refractivity contribution in [2.24, 2.45) is 17.8 Å². The lowest BCUT2D eigenvalue weighted by atomic mass is 9.73. The number of unbranched alkanes of at least 4 members (excludes halogenated alkanes) is 1. The highest BCUT2D eigenvalue weighted by molar-refractivity contribution is 5.79. The third kappa shape index (κ3) is 6.45. The first-order valence-electron chi connectivity index (χ1n) is 15.5. The van der Waals surface area contributed by atoms with E-state index in [-0.39, 0.29) is 29.4 Å². The van der Waals surface area contributed by atoms with E-state index >= 15 is 0 Å². The molecule has 1 aliphatic rings. The Morgan fingerprint density at radius 2 is 1.86 bits per heavy atom. The molecule has 3 atom stereocenters. The molecule has 1 N–H and O–H groups in total. The first-order chi connectivity index (χ1) is 20.4. The average Bonchev–Trinajstić information content (AvgIpc) is 3.61. The number of H-pyrrole nitrogens is 1. The summed E-state index contributed by atoms with van der Waals surface area (Å²) < 4.78 is 3.83. The molecule has 3 aromatic heterocycles. The Labute approximate surface area is 247 Å². The third-order valence-corrected chi connectivity index (χ3v) is 8.93. The maximum absolute atomic E-state index is 14.3. The monoisotopic (exact) mass is 569 g/mol. The lowest BCUT2D eigenvalue weighted by molar-refractivity contribution is -0.123. The highest BCUT2D eigenvalue weighted by Crippen LogP contribution is 2.40. The molecule has 1 fully saturated rings. The lowest BCUT2D eigenvalue weighted by Gasteiger charge is -2.37. The van der Waals surface area contributed by atoms with E-state index in [1.807, 2.05) is 39.5 Å². The van der Waals surface area contributed by atoms with Crippen LogP contribution in [0.4, 0.5) is 0 Å². The third-order valence-electron chi connectivity index (χ3n) is 8.93. The quantitative estimate of drug-likeness (QED) is 0.241. The minimum absolute atomic E-state index is 0.0319. The molecule has 1 saturated carbocycles. The number of carbonyl (C=O) groups is 1. The van der Waals surface area contributed by atoms with Gasteiger partial charge in [0.15, 0.2) is 5.82 Å². The summed E-state index contributed by atoms with van der Waals surface area (Å²) in [6.07, 6.45) is 11.9. The molecule has 3 heterocycles. The van der Waals surface area contributed by atoms with Gasteiger partial charge in [0.2, 0.25) is 0 Å². The van der Waals surface area contributed by atoms with Crippen LogP contribution in [-0.4, -0.2) is 40.5 Å². The van der Waals surface area contributed by atoms with E-state index in [2.05, 4.69) is 58.6 Å². The molecule has 3 unspecified atom stereocenters. The Hall–Kier alpha value is -3.88. The van der Waals surface area contributed by atoms with Crippen LogP contribution >= 0.6 is 0 Å². The summed E-state index contributed by atoms with van der Waals surface area (Å²) in [6.45, 7) is 8.73. The van der Waals surface area contributed by atoms with Gasteiger partial charge < -0.3 is 0 Å². The number of benzene rings is 1. The second kappa shape index (κ2) is 13.4. The van der Waals surface area contributed by atoms with Crippen LogP contribution in [0.2, 0.25) is 0 Å². The van der Waals surface area contributed by atoms with Crippen molar-refractivity contribution in [3.63, 3.8) is 0 Å². The van der Waals surface area contributed by atoms with Crippen molar-refractivity contribution >= 4 is 5.78 Å². The lowest BCUT2D eigenvalue weighted by Crippen LogP contribution is -2.40. The standard InChI is InChI=1S/C33H43N7O2/c1-5-6-13-28-21-40(31-29(22(2)3)14-8-7-9-15-30(31)23(4)41)33(42)39(28)20-27-19-25(16-17-34-27)24-11-10-12-26(18-24)32-35-37-38-36-32/h10-12,16-19,21-22,29-31H,5-9,13-15,20H2,1-4H3,(H,35,36,37,38). The van der Waals surface area contributed by atoms with Gasteiger partial charge in [0.05, 0.1) is 18.3 Å². The number of aryl methyl sites for hydroxylation is 1. The fourth-order valence-electron chi connectivity index (χ4n) is 6.65. The smallest absolute Gasteiger partial charge is 0.300 e. The van der Waals surface area contributed by atoms with Gasteiger partial charge in [-0.1, -0.05) is 64.7 Å². The topological polar surface area (TPSA) is 111 Å². The highest BCUT2D eigenvalue weighted by atomic mass is 16.2. The van der Waals surface area contributed by atoms with Crippen LogP contribution in [0.25, 0.3) is 22.5 Å². The van der Waals surface area contributed by atoms with Crippen LogP contribution in [0.3, 0.4) is 0 Å². The zero-order valence-corrected chi connectivity index (χ0v) is 25.3. The van der Waals surface area contributed by atoms with E-state index in [4.69, 9.17) is 0 Å². The van der Waals surface area contributed by atoms with Crippen molar-refractivity contribution in [3.05, 3.63) is 70.7 Å². The molecule has 0 bridgehead atoms. The van der Waals surface area contributed by atoms with Crippen LogP contribution < -0.4 is 5.69 Å². The van der Waals surface area contributed by atoms with Gasteiger partial charge in [0, 0.05) is 29.6 Å². The second-order valence-electron chi connectivity index (χ2n) is 12.1. The predicted octanol–water partition coefficient (Wildman–Crippen LogP) is 6.27. The minimum Gasteiger partial charge on any atom is -0.300 e. The maximum atomic E-state index is 14.3. The van der Waals surface area contributed by atoms with Gasteiger partial charge in [-0.15, -0.1) is 5.10 Å². The van der Waals surface area contributed by atoms with E-state index in [0.717, 1.165) is 79.4 Å². The van der Waals surface area contributed by atoms with Crippen LogP contribution in [0, 0.1) is 17.8 Å². The summed E-state index contributed by atoms with van der Waals surface area (Å²) in [4.78, 5) is 32.0. The molecule has 9 nitrogen and oxygen atoms in total. The summed E-state index contributed by atoms with van der Waals surface area (Å²) in [5, 5.41) is 14.2. The molecular weight excluding hydrogens is 526 g/mol. The highest BCUT2D eigenvalue weighted by Gasteiger charge is 2.37. The molecule has 1 aromatic carbocycles. The number of pyridine rings is 1. The number of aromatic nitrogens is 7. The first kappa shape index (κ1) is 29.6. The SMILES string of the molecule is CCCCc1cn(C2C(C(C)=O)CCCCCC2C(C)C)c(=O)n1Cc1cc(-c2cccc(-c3nnn[nH]3)c2)ccn1. The summed E-state index contributed by atoms with van der Waals surface area (Å²) in [7, 11) is 0. The first-order valence-corrected chi connectivity index (χ1v) is 15.5. The molecule has 0 radical (unpaired) electrons. The number of hydrogen-bond donors (Lipinski definition) is 1. The average molecular weight is 570 g/mol. The van der Waals surface area contributed by atoms with Crippen LogP contribution in [0.1, 0.15) is 90.1 Å². The zero-order valence-electron chi connectivity index (χ0n) is 25.3. The molecule has 222 valence electrons. The van der Waals surface area contributed by atoms with Gasteiger partial charge in [-0.3, -0.25) is 18.9 Å². The van der Waals surface area contributed by atoms with E-state index in [9.17, 15) is 9.59 Å². The normalized spacial score (nSPS) is 19.5.